The molecule has 23 heavy (non-hydrogen) atoms. The van der Waals surface area contributed by atoms with Crippen molar-refractivity contribution < 1.29 is 4.79 Å². The van der Waals surface area contributed by atoms with E-state index < -0.39 is 0 Å². The first-order valence-electron chi connectivity index (χ1n) is 8.02. The molecule has 1 aliphatic carbocycles. The number of nitrogens with one attached hydrogen (secondary N) is 1. The summed E-state index contributed by atoms with van der Waals surface area (Å²) in [6.45, 7) is 1.18. The standard InChI is InChI=1S/C16H19N5O2/c1-20-13-9-21(6-2-3-11(13)8-17-20)16(23)12-7-14(22)19-15(18-12)10-4-5-10/h7-8,10H,2-6,9H2,1H3,(H,18,19,22). The zero-order valence-electron chi connectivity index (χ0n) is 13.1. The summed E-state index contributed by atoms with van der Waals surface area (Å²) in [5.74, 6) is 0.784. The van der Waals surface area contributed by atoms with Gasteiger partial charge in [-0.05, 0) is 31.2 Å². The molecule has 1 amide bonds. The summed E-state index contributed by atoms with van der Waals surface area (Å²) < 4.78 is 1.82. The minimum absolute atomic E-state index is 0.174. The molecule has 120 valence electrons. The average Bonchev–Trinajstić information content (AvgIpc) is 3.34. The fraction of sp³-hybridized carbons (Fsp3) is 0.500. The highest BCUT2D eigenvalue weighted by Gasteiger charge is 2.29. The van der Waals surface area contributed by atoms with Gasteiger partial charge in [-0.1, -0.05) is 0 Å². The van der Waals surface area contributed by atoms with Crippen molar-refractivity contribution in [2.24, 2.45) is 7.05 Å². The zero-order chi connectivity index (χ0) is 16.0. The lowest BCUT2D eigenvalue weighted by atomic mass is 10.1. The fourth-order valence-corrected chi connectivity index (χ4v) is 3.11. The first-order valence-corrected chi connectivity index (χ1v) is 8.02. The van der Waals surface area contributed by atoms with E-state index in [9.17, 15) is 9.59 Å². The predicted octanol–water partition coefficient (Wildman–Crippen LogP) is 0.969. The van der Waals surface area contributed by atoms with Crippen LogP contribution in [-0.4, -0.2) is 37.1 Å². The summed E-state index contributed by atoms with van der Waals surface area (Å²) in [6, 6.07) is 1.31. The van der Waals surface area contributed by atoms with Gasteiger partial charge in [0.25, 0.3) is 11.5 Å². The first kappa shape index (κ1) is 14.2. The molecule has 2 aromatic rings. The Labute approximate surface area is 133 Å². The molecular weight excluding hydrogens is 294 g/mol. The third-order valence-electron chi connectivity index (χ3n) is 4.59. The third kappa shape index (κ3) is 2.67. The summed E-state index contributed by atoms with van der Waals surface area (Å²) in [7, 11) is 1.89. The number of fused-ring (bicyclic) bond motifs is 1. The van der Waals surface area contributed by atoms with Crippen LogP contribution in [0.4, 0.5) is 0 Å². The van der Waals surface area contributed by atoms with Gasteiger partial charge in [-0.2, -0.15) is 5.10 Å². The molecule has 7 nitrogen and oxygen atoms in total. The Morgan fingerprint density at radius 3 is 3.00 bits per heavy atom. The smallest absolute Gasteiger partial charge is 0.273 e. The van der Waals surface area contributed by atoms with Gasteiger partial charge in [0.15, 0.2) is 0 Å². The highest BCUT2D eigenvalue weighted by molar-refractivity contribution is 5.92. The van der Waals surface area contributed by atoms with Gasteiger partial charge in [-0.3, -0.25) is 14.3 Å². The third-order valence-corrected chi connectivity index (χ3v) is 4.59. The minimum atomic E-state index is -0.249. The van der Waals surface area contributed by atoms with Crippen LogP contribution in [0, 0.1) is 0 Å². The van der Waals surface area contributed by atoms with Crippen LogP contribution in [0.25, 0.3) is 0 Å². The molecule has 1 N–H and O–H groups in total. The van der Waals surface area contributed by atoms with Crippen molar-refractivity contribution in [2.75, 3.05) is 6.54 Å². The second-order valence-corrected chi connectivity index (χ2v) is 6.36. The van der Waals surface area contributed by atoms with Crippen molar-refractivity contribution in [3.8, 4) is 0 Å². The van der Waals surface area contributed by atoms with Gasteiger partial charge < -0.3 is 9.88 Å². The maximum absolute atomic E-state index is 12.8. The number of aryl methyl sites for hydroxylation is 2. The Kier molecular flexibility index (Phi) is 3.28. The van der Waals surface area contributed by atoms with Crippen molar-refractivity contribution in [3.63, 3.8) is 0 Å². The second-order valence-electron chi connectivity index (χ2n) is 6.36. The average molecular weight is 313 g/mol. The van der Waals surface area contributed by atoms with Crippen molar-refractivity contribution in [2.45, 2.75) is 38.1 Å². The predicted molar refractivity (Wildman–Crippen MR) is 83.1 cm³/mol. The van der Waals surface area contributed by atoms with E-state index in [-0.39, 0.29) is 17.2 Å². The molecule has 0 saturated heterocycles. The normalized spacial score (nSPS) is 17.7. The monoisotopic (exact) mass is 313 g/mol. The van der Waals surface area contributed by atoms with E-state index in [2.05, 4.69) is 15.1 Å². The van der Waals surface area contributed by atoms with E-state index in [1.165, 1.54) is 11.6 Å². The largest absolute Gasteiger partial charge is 0.331 e. The van der Waals surface area contributed by atoms with Gasteiger partial charge in [0.2, 0.25) is 0 Å². The van der Waals surface area contributed by atoms with Gasteiger partial charge in [0, 0.05) is 25.6 Å². The number of hydrogen-bond donors (Lipinski definition) is 1. The lowest BCUT2D eigenvalue weighted by molar-refractivity contribution is 0.0735. The van der Waals surface area contributed by atoms with Crippen LogP contribution in [0.1, 0.15) is 52.8 Å². The number of rotatable bonds is 2. The Bertz CT molecular complexity index is 818. The molecule has 1 saturated carbocycles. The molecule has 1 fully saturated rings. The van der Waals surface area contributed by atoms with Crippen LogP contribution >= 0.6 is 0 Å². The molecule has 4 rings (SSSR count). The van der Waals surface area contributed by atoms with Crippen LogP contribution in [0.15, 0.2) is 17.1 Å². The van der Waals surface area contributed by atoms with E-state index in [0.717, 1.165) is 31.4 Å². The first-order chi connectivity index (χ1) is 11.1. The molecule has 1 aliphatic heterocycles. The maximum atomic E-state index is 12.8. The van der Waals surface area contributed by atoms with E-state index in [4.69, 9.17) is 0 Å². The molecule has 0 atom stereocenters. The van der Waals surface area contributed by atoms with E-state index in [0.29, 0.717) is 24.8 Å². The molecule has 0 bridgehead atoms. The van der Waals surface area contributed by atoms with Crippen LogP contribution in [0.2, 0.25) is 0 Å². The Hall–Kier alpha value is -2.44. The lowest BCUT2D eigenvalue weighted by Gasteiger charge is -2.20. The van der Waals surface area contributed by atoms with Gasteiger partial charge in [-0.25, -0.2) is 4.98 Å². The summed E-state index contributed by atoms with van der Waals surface area (Å²) >= 11 is 0. The zero-order valence-corrected chi connectivity index (χ0v) is 13.1. The summed E-state index contributed by atoms with van der Waals surface area (Å²) in [4.78, 5) is 33.6. The number of hydrogen-bond acceptors (Lipinski definition) is 4. The Morgan fingerprint density at radius 2 is 2.22 bits per heavy atom. The molecule has 2 aromatic heterocycles. The summed E-state index contributed by atoms with van der Waals surface area (Å²) in [5, 5.41) is 4.27. The van der Waals surface area contributed by atoms with Crippen molar-refractivity contribution >= 4 is 5.91 Å². The fourth-order valence-electron chi connectivity index (χ4n) is 3.11. The summed E-state index contributed by atoms with van der Waals surface area (Å²) in [6.07, 6.45) is 5.75. The number of aromatic nitrogens is 4. The lowest BCUT2D eigenvalue weighted by Crippen LogP contribution is -2.33. The van der Waals surface area contributed by atoms with Crippen LogP contribution in [0.3, 0.4) is 0 Å². The second kappa shape index (κ2) is 5.33. The van der Waals surface area contributed by atoms with Gasteiger partial charge >= 0.3 is 0 Å². The molecule has 0 radical (unpaired) electrons. The molecule has 3 heterocycles. The number of H-pyrrole nitrogens is 1. The quantitative estimate of drug-likeness (QED) is 0.895. The highest BCUT2D eigenvalue weighted by atomic mass is 16.2. The number of carbonyl (C=O) groups is 1. The molecule has 7 heteroatoms. The molecule has 0 aromatic carbocycles. The number of nitrogens with zero attached hydrogens (tertiary/aromatic N) is 4. The van der Waals surface area contributed by atoms with E-state index >= 15 is 0 Å². The molecule has 2 aliphatic rings. The molecule has 0 spiro atoms. The summed E-state index contributed by atoms with van der Waals surface area (Å²) in [5.41, 5.74) is 2.26. The number of aromatic amines is 1. The molecule has 0 unspecified atom stereocenters. The number of carbonyl (C=O) groups excluding carboxylic acids is 1. The van der Waals surface area contributed by atoms with E-state index in [1.54, 1.807) is 4.90 Å². The number of amides is 1. The van der Waals surface area contributed by atoms with Crippen LogP contribution < -0.4 is 5.56 Å². The van der Waals surface area contributed by atoms with Crippen molar-refractivity contribution in [1.82, 2.24) is 24.6 Å². The SMILES string of the molecule is Cn1ncc2c1CN(C(=O)c1cc(=O)[nH]c(C3CC3)n1)CCC2. The van der Waals surface area contributed by atoms with Crippen molar-refractivity contribution in [3.05, 3.63) is 45.4 Å². The van der Waals surface area contributed by atoms with E-state index in [1.807, 2.05) is 17.9 Å². The Morgan fingerprint density at radius 1 is 1.39 bits per heavy atom. The van der Waals surface area contributed by atoms with Gasteiger partial charge in [-0.15, -0.1) is 0 Å². The van der Waals surface area contributed by atoms with Gasteiger partial charge in [0.1, 0.15) is 11.5 Å². The highest BCUT2D eigenvalue weighted by Crippen LogP contribution is 2.37. The maximum Gasteiger partial charge on any atom is 0.273 e. The van der Waals surface area contributed by atoms with Gasteiger partial charge in [0.05, 0.1) is 18.4 Å². The molecular formula is C16H19N5O2. The van der Waals surface area contributed by atoms with Crippen molar-refractivity contribution in [1.29, 1.82) is 0 Å². The van der Waals surface area contributed by atoms with Crippen LogP contribution in [0.5, 0.6) is 0 Å². The Balaban J connectivity index is 1.64. The topological polar surface area (TPSA) is 83.9 Å². The van der Waals surface area contributed by atoms with Crippen LogP contribution in [-0.2, 0) is 20.0 Å². The minimum Gasteiger partial charge on any atom is -0.331 e.